The molecule has 1 saturated heterocycles. The summed E-state index contributed by atoms with van der Waals surface area (Å²) in [6.45, 7) is 5.91. The molecule has 1 aliphatic heterocycles. The first-order valence-electron chi connectivity index (χ1n) is 7.45. The van der Waals surface area contributed by atoms with Gasteiger partial charge in [0.1, 0.15) is 0 Å². The lowest BCUT2D eigenvalue weighted by molar-refractivity contribution is 0.185. The average Bonchev–Trinajstić information content (AvgIpc) is 2.45. The maximum Gasteiger partial charge on any atom is 0.0640 e. The number of benzene rings is 1. The van der Waals surface area contributed by atoms with Crippen molar-refractivity contribution in [2.75, 3.05) is 26.7 Å². The van der Waals surface area contributed by atoms with Gasteiger partial charge in [-0.1, -0.05) is 42.3 Å². The van der Waals surface area contributed by atoms with Crippen LogP contribution in [0.25, 0.3) is 0 Å². The molecule has 0 aliphatic carbocycles. The van der Waals surface area contributed by atoms with Gasteiger partial charge in [-0.2, -0.15) is 0 Å². The first-order chi connectivity index (χ1) is 9.61. The number of nitrogens with one attached hydrogen (secondary N) is 1. The van der Waals surface area contributed by atoms with Gasteiger partial charge in [-0.3, -0.25) is 0 Å². The number of piperidine rings is 1. The number of likely N-dealkylation sites (tertiary alicyclic amines) is 1. The molecule has 2 rings (SSSR count). The quantitative estimate of drug-likeness (QED) is 0.867. The van der Waals surface area contributed by atoms with Crippen LogP contribution in [-0.2, 0) is 0 Å². The van der Waals surface area contributed by atoms with Crippen molar-refractivity contribution in [1.29, 1.82) is 0 Å². The molecule has 1 atom stereocenters. The number of halogens is 2. The molecule has 20 heavy (non-hydrogen) atoms. The van der Waals surface area contributed by atoms with Crippen LogP contribution in [0.1, 0.15) is 37.8 Å². The Morgan fingerprint density at radius 3 is 2.65 bits per heavy atom. The summed E-state index contributed by atoms with van der Waals surface area (Å²) in [4.78, 5) is 2.56. The highest BCUT2D eigenvalue weighted by Crippen LogP contribution is 2.31. The molecule has 4 heteroatoms. The van der Waals surface area contributed by atoms with Crippen molar-refractivity contribution >= 4 is 23.2 Å². The van der Waals surface area contributed by atoms with Crippen LogP contribution in [0, 0.1) is 5.92 Å². The number of rotatable bonds is 5. The predicted octanol–water partition coefficient (Wildman–Crippen LogP) is 4.38. The van der Waals surface area contributed by atoms with E-state index in [4.69, 9.17) is 23.2 Å². The third-order valence-electron chi connectivity index (χ3n) is 4.32. The Balaban J connectivity index is 1.94. The van der Waals surface area contributed by atoms with Crippen LogP contribution in [0.5, 0.6) is 0 Å². The minimum absolute atomic E-state index is 0.264. The lowest BCUT2D eigenvalue weighted by Gasteiger charge is -2.31. The zero-order chi connectivity index (χ0) is 14.5. The maximum absolute atomic E-state index is 6.32. The van der Waals surface area contributed by atoms with Crippen LogP contribution in [0.4, 0.5) is 0 Å². The fraction of sp³-hybridized carbons (Fsp3) is 0.625. The van der Waals surface area contributed by atoms with Crippen molar-refractivity contribution in [2.24, 2.45) is 5.92 Å². The second-order valence-electron chi connectivity index (χ2n) is 5.80. The zero-order valence-electron chi connectivity index (χ0n) is 12.3. The van der Waals surface area contributed by atoms with Gasteiger partial charge in [-0.25, -0.2) is 0 Å². The van der Waals surface area contributed by atoms with Gasteiger partial charge in [0, 0.05) is 6.04 Å². The van der Waals surface area contributed by atoms with E-state index in [-0.39, 0.29) is 6.04 Å². The van der Waals surface area contributed by atoms with E-state index in [9.17, 15) is 0 Å². The van der Waals surface area contributed by atoms with Gasteiger partial charge in [0.05, 0.1) is 10.0 Å². The van der Waals surface area contributed by atoms with Crippen LogP contribution < -0.4 is 5.32 Å². The van der Waals surface area contributed by atoms with Crippen molar-refractivity contribution in [3.8, 4) is 0 Å². The summed E-state index contributed by atoms with van der Waals surface area (Å²) in [7, 11) is 1.99. The molecule has 1 fully saturated rings. The largest absolute Gasteiger partial charge is 0.313 e. The van der Waals surface area contributed by atoms with E-state index in [0.29, 0.717) is 10.0 Å². The van der Waals surface area contributed by atoms with Gasteiger partial charge in [-0.15, -0.1) is 0 Å². The highest BCUT2D eigenvalue weighted by atomic mass is 35.5. The Morgan fingerprint density at radius 2 is 2.00 bits per heavy atom. The molecule has 0 radical (unpaired) electrons. The molecule has 1 N–H and O–H groups in total. The Bertz CT molecular complexity index is 428. The molecule has 1 aliphatic rings. The summed E-state index contributed by atoms with van der Waals surface area (Å²) >= 11 is 12.4. The van der Waals surface area contributed by atoms with E-state index in [1.54, 1.807) is 0 Å². The molecular weight excluding hydrogens is 291 g/mol. The Hall–Kier alpha value is -0.280. The third-order valence-corrected chi connectivity index (χ3v) is 5.15. The van der Waals surface area contributed by atoms with Crippen molar-refractivity contribution in [1.82, 2.24) is 10.2 Å². The molecule has 112 valence electrons. The van der Waals surface area contributed by atoms with Crippen molar-refractivity contribution < 1.29 is 0 Å². The summed E-state index contributed by atoms with van der Waals surface area (Å²) in [5.41, 5.74) is 1.10. The molecule has 1 unspecified atom stereocenters. The summed E-state index contributed by atoms with van der Waals surface area (Å²) < 4.78 is 0. The molecule has 0 amide bonds. The van der Waals surface area contributed by atoms with Gasteiger partial charge in [0.25, 0.3) is 0 Å². The SMILES string of the molecule is CNC(CCN1CCC(C)CC1)c1cccc(Cl)c1Cl. The van der Waals surface area contributed by atoms with Gasteiger partial charge in [0.15, 0.2) is 0 Å². The summed E-state index contributed by atoms with van der Waals surface area (Å²) in [5.74, 6) is 0.883. The van der Waals surface area contributed by atoms with Crippen molar-refractivity contribution in [3.63, 3.8) is 0 Å². The minimum atomic E-state index is 0.264. The molecule has 0 saturated carbocycles. The van der Waals surface area contributed by atoms with Crippen LogP contribution in [0.15, 0.2) is 18.2 Å². The Kier molecular flexibility index (Phi) is 6.16. The lowest BCUT2D eigenvalue weighted by Crippen LogP contribution is -2.35. The van der Waals surface area contributed by atoms with E-state index in [2.05, 4.69) is 23.2 Å². The molecule has 1 aromatic carbocycles. The van der Waals surface area contributed by atoms with Gasteiger partial charge in [-0.05, 0) is 63.5 Å². The molecule has 0 spiro atoms. The standard InChI is InChI=1S/C16H24Cl2N2/c1-12-6-9-20(10-7-12)11-8-15(19-2)13-4-3-5-14(17)16(13)18/h3-5,12,15,19H,6-11H2,1-2H3. The highest BCUT2D eigenvalue weighted by molar-refractivity contribution is 6.42. The first kappa shape index (κ1) is 16.1. The van der Waals surface area contributed by atoms with E-state index >= 15 is 0 Å². The van der Waals surface area contributed by atoms with Crippen LogP contribution in [0.3, 0.4) is 0 Å². The summed E-state index contributed by atoms with van der Waals surface area (Å²) in [6.07, 6.45) is 3.70. The minimum Gasteiger partial charge on any atom is -0.313 e. The molecule has 0 bridgehead atoms. The number of hydrogen-bond donors (Lipinski definition) is 1. The summed E-state index contributed by atoms with van der Waals surface area (Å²) in [5, 5.41) is 4.68. The number of nitrogens with zero attached hydrogens (tertiary/aromatic N) is 1. The van der Waals surface area contributed by atoms with Gasteiger partial charge >= 0.3 is 0 Å². The molecule has 0 aromatic heterocycles. The van der Waals surface area contributed by atoms with Crippen molar-refractivity contribution in [2.45, 2.75) is 32.2 Å². The van der Waals surface area contributed by atoms with Crippen molar-refractivity contribution in [3.05, 3.63) is 33.8 Å². The topological polar surface area (TPSA) is 15.3 Å². The van der Waals surface area contributed by atoms with E-state index in [1.807, 2.05) is 19.2 Å². The third kappa shape index (κ3) is 4.11. The molecule has 2 nitrogen and oxygen atoms in total. The molecular formula is C16H24Cl2N2. The first-order valence-corrected chi connectivity index (χ1v) is 8.21. The zero-order valence-corrected chi connectivity index (χ0v) is 13.8. The lowest BCUT2D eigenvalue weighted by atomic mass is 9.98. The number of hydrogen-bond acceptors (Lipinski definition) is 2. The predicted molar refractivity (Wildman–Crippen MR) is 87.7 cm³/mol. The Labute approximate surface area is 132 Å². The van der Waals surface area contributed by atoms with Crippen LogP contribution in [0.2, 0.25) is 10.0 Å². The second-order valence-corrected chi connectivity index (χ2v) is 6.58. The fourth-order valence-electron chi connectivity index (χ4n) is 2.84. The van der Waals surface area contributed by atoms with Gasteiger partial charge < -0.3 is 10.2 Å². The monoisotopic (exact) mass is 314 g/mol. The van der Waals surface area contributed by atoms with E-state index < -0.39 is 0 Å². The van der Waals surface area contributed by atoms with E-state index in [0.717, 1.165) is 24.4 Å². The maximum atomic E-state index is 6.32. The van der Waals surface area contributed by atoms with E-state index in [1.165, 1.54) is 25.9 Å². The average molecular weight is 315 g/mol. The highest BCUT2D eigenvalue weighted by Gasteiger charge is 2.19. The summed E-state index contributed by atoms with van der Waals surface area (Å²) in [6, 6.07) is 6.14. The fourth-order valence-corrected chi connectivity index (χ4v) is 3.28. The molecule has 1 heterocycles. The van der Waals surface area contributed by atoms with Crippen LogP contribution in [-0.4, -0.2) is 31.6 Å². The second kappa shape index (κ2) is 7.65. The molecule has 1 aromatic rings. The van der Waals surface area contributed by atoms with Crippen LogP contribution >= 0.6 is 23.2 Å². The smallest absolute Gasteiger partial charge is 0.0640 e. The normalized spacial score (nSPS) is 19.2. The van der Waals surface area contributed by atoms with Gasteiger partial charge in [0.2, 0.25) is 0 Å². The Morgan fingerprint density at radius 1 is 1.30 bits per heavy atom.